The largest absolute Gasteiger partial charge is 0.481 e. The highest BCUT2D eigenvalue weighted by molar-refractivity contribution is 5.66. The fourth-order valence-electron chi connectivity index (χ4n) is 2.28. The van der Waals surface area contributed by atoms with Gasteiger partial charge in [-0.2, -0.15) is 0 Å². The Morgan fingerprint density at radius 2 is 2.40 bits per heavy atom. The molecule has 88 valence electrons. The molecular weight excluding hydrogens is 192 g/mol. The van der Waals surface area contributed by atoms with E-state index in [0.29, 0.717) is 12.3 Å². The fraction of sp³-hybridized carbons (Fsp3) is 0.909. The third kappa shape index (κ3) is 4.62. The van der Waals surface area contributed by atoms with Crippen molar-refractivity contribution in [1.29, 1.82) is 0 Å². The zero-order valence-electron chi connectivity index (χ0n) is 9.48. The maximum atomic E-state index is 10.4. The normalized spacial score (nSPS) is 25.1. The Kier molecular flexibility index (Phi) is 5.05. The Balaban J connectivity index is 2.20. The van der Waals surface area contributed by atoms with Crippen molar-refractivity contribution in [2.24, 2.45) is 11.7 Å². The van der Waals surface area contributed by atoms with Gasteiger partial charge < -0.3 is 15.7 Å². The van der Waals surface area contributed by atoms with Crippen LogP contribution in [0.5, 0.6) is 0 Å². The maximum absolute atomic E-state index is 10.4. The highest BCUT2D eigenvalue weighted by Crippen LogP contribution is 2.20. The Morgan fingerprint density at radius 1 is 1.67 bits per heavy atom. The van der Waals surface area contributed by atoms with E-state index in [2.05, 4.69) is 11.9 Å². The van der Waals surface area contributed by atoms with E-state index in [0.717, 1.165) is 13.0 Å². The summed E-state index contributed by atoms with van der Waals surface area (Å²) < 4.78 is 0. The molecule has 0 radical (unpaired) electrons. The second-order valence-electron chi connectivity index (χ2n) is 4.61. The first-order valence-corrected chi connectivity index (χ1v) is 5.75. The van der Waals surface area contributed by atoms with Crippen molar-refractivity contribution in [3.63, 3.8) is 0 Å². The van der Waals surface area contributed by atoms with Gasteiger partial charge in [-0.15, -0.1) is 0 Å². The standard InChI is InChI=1S/C11H22N2O2/c1-13-7-3-4-9(8-13)10(12)5-2-6-11(14)15/h9-10H,2-8,12H2,1H3,(H,14,15). The molecule has 1 fully saturated rings. The molecular formula is C11H22N2O2. The van der Waals surface area contributed by atoms with Crippen LogP contribution in [0, 0.1) is 5.92 Å². The SMILES string of the molecule is CN1CCCC(C(N)CCCC(=O)O)C1. The highest BCUT2D eigenvalue weighted by Gasteiger charge is 2.22. The maximum Gasteiger partial charge on any atom is 0.303 e. The lowest BCUT2D eigenvalue weighted by atomic mass is 9.88. The summed E-state index contributed by atoms with van der Waals surface area (Å²) in [5.41, 5.74) is 6.08. The van der Waals surface area contributed by atoms with Gasteiger partial charge in [0.15, 0.2) is 0 Å². The van der Waals surface area contributed by atoms with Gasteiger partial charge in [0, 0.05) is 19.0 Å². The molecule has 0 aromatic rings. The van der Waals surface area contributed by atoms with Gasteiger partial charge in [-0.05, 0) is 45.2 Å². The summed E-state index contributed by atoms with van der Waals surface area (Å²) in [5.74, 6) is -0.166. The minimum absolute atomic E-state index is 0.173. The van der Waals surface area contributed by atoms with E-state index < -0.39 is 5.97 Å². The van der Waals surface area contributed by atoms with Crippen LogP contribution in [0.15, 0.2) is 0 Å². The molecule has 2 unspecified atom stereocenters. The number of piperidine rings is 1. The number of likely N-dealkylation sites (tertiary alicyclic amines) is 1. The average molecular weight is 214 g/mol. The molecule has 0 amide bonds. The molecule has 0 spiro atoms. The van der Waals surface area contributed by atoms with Gasteiger partial charge in [-0.1, -0.05) is 0 Å². The van der Waals surface area contributed by atoms with Crippen LogP contribution in [0.1, 0.15) is 32.1 Å². The van der Waals surface area contributed by atoms with Gasteiger partial charge in [-0.25, -0.2) is 0 Å². The van der Waals surface area contributed by atoms with Crippen molar-refractivity contribution in [1.82, 2.24) is 4.90 Å². The van der Waals surface area contributed by atoms with Crippen LogP contribution in [0.4, 0.5) is 0 Å². The summed E-state index contributed by atoms with van der Waals surface area (Å²) in [6.07, 6.45) is 4.20. The number of rotatable bonds is 5. The highest BCUT2D eigenvalue weighted by atomic mass is 16.4. The second kappa shape index (κ2) is 6.08. The van der Waals surface area contributed by atoms with E-state index in [9.17, 15) is 4.79 Å². The monoisotopic (exact) mass is 214 g/mol. The molecule has 1 rings (SSSR count). The van der Waals surface area contributed by atoms with E-state index in [1.807, 2.05) is 0 Å². The van der Waals surface area contributed by atoms with Crippen LogP contribution < -0.4 is 5.73 Å². The van der Waals surface area contributed by atoms with Gasteiger partial charge in [0.2, 0.25) is 0 Å². The predicted octanol–water partition coefficient (Wildman–Crippen LogP) is 0.910. The molecule has 2 atom stereocenters. The molecule has 0 aromatic heterocycles. The molecule has 0 saturated carbocycles. The third-order valence-corrected chi connectivity index (χ3v) is 3.19. The summed E-state index contributed by atoms with van der Waals surface area (Å²) in [7, 11) is 2.12. The van der Waals surface area contributed by atoms with Crippen molar-refractivity contribution < 1.29 is 9.90 Å². The van der Waals surface area contributed by atoms with Crippen LogP contribution in [-0.2, 0) is 4.79 Å². The number of aliphatic carboxylic acids is 1. The zero-order valence-corrected chi connectivity index (χ0v) is 9.48. The van der Waals surface area contributed by atoms with E-state index in [1.54, 1.807) is 0 Å². The second-order valence-corrected chi connectivity index (χ2v) is 4.61. The number of carboxylic acids is 1. The Labute approximate surface area is 91.4 Å². The number of nitrogens with zero attached hydrogens (tertiary/aromatic N) is 1. The van der Waals surface area contributed by atoms with Crippen molar-refractivity contribution in [3.8, 4) is 0 Å². The fourth-order valence-corrected chi connectivity index (χ4v) is 2.28. The van der Waals surface area contributed by atoms with Crippen LogP contribution in [-0.4, -0.2) is 42.2 Å². The molecule has 1 heterocycles. The first kappa shape index (κ1) is 12.5. The van der Waals surface area contributed by atoms with Crippen LogP contribution in [0.2, 0.25) is 0 Å². The quantitative estimate of drug-likeness (QED) is 0.714. The molecule has 4 heteroatoms. The lowest BCUT2D eigenvalue weighted by Crippen LogP contribution is -2.41. The van der Waals surface area contributed by atoms with E-state index >= 15 is 0 Å². The molecule has 1 aliphatic heterocycles. The van der Waals surface area contributed by atoms with Gasteiger partial charge >= 0.3 is 5.97 Å². The first-order chi connectivity index (χ1) is 7.09. The third-order valence-electron chi connectivity index (χ3n) is 3.19. The lowest BCUT2D eigenvalue weighted by Gasteiger charge is -2.33. The van der Waals surface area contributed by atoms with Gasteiger partial charge in [0.05, 0.1) is 0 Å². The van der Waals surface area contributed by atoms with Crippen LogP contribution in [0.3, 0.4) is 0 Å². The number of hydrogen-bond acceptors (Lipinski definition) is 3. The Bertz CT molecular complexity index is 209. The van der Waals surface area contributed by atoms with Crippen molar-refractivity contribution in [2.45, 2.75) is 38.1 Å². The van der Waals surface area contributed by atoms with E-state index in [1.165, 1.54) is 19.4 Å². The van der Waals surface area contributed by atoms with Crippen molar-refractivity contribution in [2.75, 3.05) is 20.1 Å². The first-order valence-electron chi connectivity index (χ1n) is 5.75. The number of carboxylic acid groups (broad SMARTS) is 1. The van der Waals surface area contributed by atoms with E-state index in [4.69, 9.17) is 10.8 Å². The zero-order chi connectivity index (χ0) is 11.3. The number of nitrogens with two attached hydrogens (primary N) is 1. The van der Waals surface area contributed by atoms with Crippen LogP contribution >= 0.6 is 0 Å². The topological polar surface area (TPSA) is 66.6 Å². The Morgan fingerprint density at radius 3 is 3.00 bits per heavy atom. The number of carbonyl (C=O) groups is 1. The smallest absolute Gasteiger partial charge is 0.303 e. The van der Waals surface area contributed by atoms with E-state index in [-0.39, 0.29) is 12.5 Å². The van der Waals surface area contributed by atoms with Crippen molar-refractivity contribution in [3.05, 3.63) is 0 Å². The summed E-state index contributed by atoms with van der Waals surface area (Å²) in [5, 5.41) is 8.53. The minimum atomic E-state index is -0.719. The predicted molar refractivity (Wildman–Crippen MR) is 59.7 cm³/mol. The summed E-state index contributed by atoms with van der Waals surface area (Å²) >= 11 is 0. The Hall–Kier alpha value is -0.610. The van der Waals surface area contributed by atoms with Gasteiger partial charge in [-0.3, -0.25) is 4.79 Å². The summed E-state index contributed by atoms with van der Waals surface area (Å²) in [4.78, 5) is 12.7. The molecule has 1 saturated heterocycles. The number of hydrogen-bond donors (Lipinski definition) is 2. The van der Waals surface area contributed by atoms with Gasteiger partial charge in [0.1, 0.15) is 0 Å². The van der Waals surface area contributed by atoms with Crippen molar-refractivity contribution >= 4 is 5.97 Å². The average Bonchev–Trinajstić information content (AvgIpc) is 2.17. The molecule has 0 bridgehead atoms. The molecule has 15 heavy (non-hydrogen) atoms. The molecule has 1 aliphatic rings. The van der Waals surface area contributed by atoms with Crippen LogP contribution in [0.25, 0.3) is 0 Å². The summed E-state index contributed by atoms with van der Waals surface area (Å²) in [6.45, 7) is 2.23. The minimum Gasteiger partial charge on any atom is -0.481 e. The summed E-state index contributed by atoms with van der Waals surface area (Å²) in [6, 6.07) is 0.173. The molecule has 3 N–H and O–H groups in total. The molecule has 0 aromatic carbocycles. The molecule has 4 nitrogen and oxygen atoms in total. The van der Waals surface area contributed by atoms with Gasteiger partial charge in [0.25, 0.3) is 0 Å². The lowest BCUT2D eigenvalue weighted by molar-refractivity contribution is -0.137. The molecule has 0 aliphatic carbocycles.